The van der Waals surface area contributed by atoms with Crippen molar-refractivity contribution in [1.29, 1.82) is 0 Å². The van der Waals surface area contributed by atoms with Crippen molar-refractivity contribution >= 4 is 29.4 Å². The quantitative estimate of drug-likeness (QED) is 0.658. The van der Waals surface area contributed by atoms with Crippen molar-refractivity contribution in [3.8, 4) is 0 Å². The molecule has 2 saturated heterocycles. The molecule has 172 valence electrons. The van der Waals surface area contributed by atoms with Crippen LogP contribution in [-0.4, -0.2) is 40.8 Å². The standard InChI is InChI=1S/C24H25FN4O4/c1-15-8-9-19(18(25)12-15)28-14-17(13-20(28)30)21(31)27-29-22(32)24(2,26-23(29)33)11-10-16-6-4-3-5-7-16/h3-9,12,17H,10-11,13-14H2,1-2H3,(H,26,33)(H,27,31). The molecule has 2 aromatic carbocycles. The van der Waals surface area contributed by atoms with Gasteiger partial charge in [0, 0.05) is 13.0 Å². The second-order valence-electron chi connectivity index (χ2n) is 8.72. The first-order valence-electron chi connectivity index (χ1n) is 10.8. The van der Waals surface area contributed by atoms with E-state index in [9.17, 15) is 23.6 Å². The van der Waals surface area contributed by atoms with Crippen LogP contribution in [0.5, 0.6) is 0 Å². The molecule has 2 aromatic rings. The predicted molar refractivity (Wildman–Crippen MR) is 118 cm³/mol. The van der Waals surface area contributed by atoms with Gasteiger partial charge < -0.3 is 10.2 Å². The summed E-state index contributed by atoms with van der Waals surface area (Å²) in [6.45, 7) is 3.31. The molecule has 0 saturated carbocycles. The number of urea groups is 1. The fourth-order valence-electron chi connectivity index (χ4n) is 4.14. The fraction of sp³-hybridized carbons (Fsp3) is 0.333. The van der Waals surface area contributed by atoms with Crippen molar-refractivity contribution in [1.82, 2.24) is 15.8 Å². The Morgan fingerprint density at radius 2 is 1.91 bits per heavy atom. The van der Waals surface area contributed by atoms with Gasteiger partial charge in [0.15, 0.2) is 0 Å². The number of hydrogen-bond acceptors (Lipinski definition) is 4. The Hall–Kier alpha value is -3.75. The van der Waals surface area contributed by atoms with Gasteiger partial charge in [-0.05, 0) is 49.9 Å². The molecule has 33 heavy (non-hydrogen) atoms. The third kappa shape index (κ3) is 4.44. The number of aryl methyl sites for hydroxylation is 2. The number of rotatable bonds is 6. The maximum absolute atomic E-state index is 14.3. The first-order valence-corrected chi connectivity index (χ1v) is 10.8. The van der Waals surface area contributed by atoms with Crippen LogP contribution in [0, 0.1) is 18.7 Å². The van der Waals surface area contributed by atoms with Crippen LogP contribution in [0.3, 0.4) is 0 Å². The number of hydrogen-bond donors (Lipinski definition) is 2. The molecule has 2 fully saturated rings. The SMILES string of the molecule is Cc1ccc(N2CC(C(=O)NN3C(=O)NC(C)(CCc4ccccc4)C3=O)CC2=O)c(F)c1. The molecule has 4 rings (SSSR count). The average molecular weight is 452 g/mol. The fourth-order valence-corrected chi connectivity index (χ4v) is 4.14. The second kappa shape index (κ2) is 8.65. The summed E-state index contributed by atoms with van der Waals surface area (Å²) in [6.07, 6.45) is 0.782. The van der Waals surface area contributed by atoms with Gasteiger partial charge in [-0.15, -0.1) is 0 Å². The van der Waals surface area contributed by atoms with Gasteiger partial charge in [-0.2, -0.15) is 5.01 Å². The molecule has 2 unspecified atom stereocenters. The van der Waals surface area contributed by atoms with Gasteiger partial charge >= 0.3 is 6.03 Å². The van der Waals surface area contributed by atoms with Crippen molar-refractivity contribution in [3.05, 3.63) is 65.5 Å². The maximum Gasteiger partial charge on any atom is 0.344 e. The molecule has 5 amide bonds. The molecule has 0 aromatic heterocycles. The topological polar surface area (TPSA) is 98.8 Å². The van der Waals surface area contributed by atoms with Gasteiger partial charge in [-0.25, -0.2) is 9.18 Å². The van der Waals surface area contributed by atoms with Crippen LogP contribution in [0.15, 0.2) is 48.5 Å². The van der Waals surface area contributed by atoms with Gasteiger partial charge in [0.25, 0.3) is 5.91 Å². The summed E-state index contributed by atoms with van der Waals surface area (Å²) < 4.78 is 14.3. The number of hydrazine groups is 1. The monoisotopic (exact) mass is 452 g/mol. The predicted octanol–water partition coefficient (Wildman–Crippen LogP) is 2.46. The minimum atomic E-state index is -1.16. The van der Waals surface area contributed by atoms with E-state index in [1.54, 1.807) is 19.9 Å². The summed E-state index contributed by atoms with van der Waals surface area (Å²) in [4.78, 5) is 51.8. The van der Waals surface area contributed by atoms with Crippen LogP contribution >= 0.6 is 0 Å². The smallest absolute Gasteiger partial charge is 0.322 e. The summed E-state index contributed by atoms with van der Waals surface area (Å²) in [6, 6.07) is 13.3. The molecule has 0 radical (unpaired) electrons. The van der Waals surface area contributed by atoms with Crippen molar-refractivity contribution in [3.63, 3.8) is 0 Å². The molecule has 2 aliphatic heterocycles. The highest BCUT2D eigenvalue weighted by molar-refractivity contribution is 6.08. The van der Waals surface area contributed by atoms with Gasteiger partial charge in [0.05, 0.1) is 11.6 Å². The van der Waals surface area contributed by atoms with Crippen LogP contribution in [0.2, 0.25) is 0 Å². The lowest BCUT2D eigenvalue weighted by atomic mass is 9.93. The molecule has 9 heteroatoms. The minimum Gasteiger partial charge on any atom is -0.322 e. The molecule has 0 bridgehead atoms. The highest BCUT2D eigenvalue weighted by Gasteiger charge is 2.49. The Morgan fingerprint density at radius 3 is 2.61 bits per heavy atom. The minimum absolute atomic E-state index is 0.0421. The van der Waals surface area contributed by atoms with Crippen molar-refractivity contribution in [2.75, 3.05) is 11.4 Å². The summed E-state index contributed by atoms with van der Waals surface area (Å²) in [5.41, 5.74) is 3.03. The van der Waals surface area contributed by atoms with Crippen molar-refractivity contribution in [2.45, 2.75) is 38.6 Å². The number of carbonyl (C=O) groups excluding carboxylic acids is 4. The average Bonchev–Trinajstić information content (AvgIpc) is 3.26. The number of amides is 5. The van der Waals surface area contributed by atoms with Gasteiger partial charge in [-0.3, -0.25) is 19.8 Å². The van der Waals surface area contributed by atoms with Crippen molar-refractivity contribution in [2.24, 2.45) is 5.92 Å². The molecular weight excluding hydrogens is 427 g/mol. The first kappa shape index (κ1) is 22.4. The summed E-state index contributed by atoms with van der Waals surface area (Å²) in [5.74, 6) is -2.98. The largest absolute Gasteiger partial charge is 0.344 e. The van der Waals surface area contributed by atoms with E-state index < -0.39 is 41.0 Å². The Bertz CT molecular complexity index is 1120. The van der Waals surface area contributed by atoms with Crippen molar-refractivity contribution < 1.29 is 23.6 Å². The Balaban J connectivity index is 1.40. The van der Waals surface area contributed by atoms with Crippen LogP contribution in [-0.2, 0) is 20.8 Å². The third-order valence-electron chi connectivity index (χ3n) is 6.13. The Morgan fingerprint density at radius 1 is 1.18 bits per heavy atom. The number of halogens is 1. The second-order valence-corrected chi connectivity index (χ2v) is 8.72. The summed E-state index contributed by atoms with van der Waals surface area (Å²) in [7, 11) is 0. The molecule has 2 atom stereocenters. The van der Waals surface area contributed by atoms with E-state index in [-0.39, 0.29) is 18.7 Å². The molecule has 2 heterocycles. The van der Waals surface area contributed by atoms with Gasteiger partial charge in [0.1, 0.15) is 11.4 Å². The lowest BCUT2D eigenvalue weighted by molar-refractivity contribution is -0.140. The van der Waals surface area contributed by atoms with Crippen LogP contribution in [0.1, 0.15) is 30.9 Å². The molecular formula is C24H25FN4O4. The summed E-state index contributed by atoms with van der Waals surface area (Å²) >= 11 is 0. The highest BCUT2D eigenvalue weighted by Crippen LogP contribution is 2.29. The van der Waals surface area contributed by atoms with Gasteiger partial charge in [-0.1, -0.05) is 36.4 Å². The van der Waals surface area contributed by atoms with Crippen LogP contribution in [0.4, 0.5) is 14.9 Å². The number of nitrogens with zero attached hydrogens (tertiary/aromatic N) is 2. The molecule has 0 spiro atoms. The lowest BCUT2D eigenvalue weighted by Crippen LogP contribution is -2.50. The van der Waals surface area contributed by atoms with E-state index in [1.807, 2.05) is 30.3 Å². The normalized spacial score (nSPS) is 22.6. The van der Waals surface area contributed by atoms with E-state index in [1.165, 1.54) is 17.0 Å². The first-order chi connectivity index (χ1) is 15.7. The van der Waals surface area contributed by atoms with E-state index in [2.05, 4.69) is 10.7 Å². The zero-order valence-corrected chi connectivity index (χ0v) is 18.4. The molecule has 2 aliphatic rings. The molecule has 8 nitrogen and oxygen atoms in total. The zero-order valence-electron chi connectivity index (χ0n) is 18.4. The summed E-state index contributed by atoms with van der Waals surface area (Å²) in [5, 5.41) is 3.32. The van der Waals surface area contributed by atoms with E-state index in [0.29, 0.717) is 23.4 Å². The van der Waals surface area contributed by atoms with E-state index >= 15 is 0 Å². The third-order valence-corrected chi connectivity index (χ3v) is 6.13. The van der Waals surface area contributed by atoms with Gasteiger partial charge in [0.2, 0.25) is 11.8 Å². The lowest BCUT2D eigenvalue weighted by Gasteiger charge is -2.22. The highest BCUT2D eigenvalue weighted by atomic mass is 19.1. The Kier molecular flexibility index (Phi) is 5.88. The van der Waals surface area contributed by atoms with Crippen LogP contribution in [0.25, 0.3) is 0 Å². The van der Waals surface area contributed by atoms with Crippen LogP contribution < -0.4 is 15.6 Å². The number of carbonyl (C=O) groups is 4. The van der Waals surface area contributed by atoms with E-state index in [4.69, 9.17) is 0 Å². The number of benzene rings is 2. The number of nitrogens with one attached hydrogen (secondary N) is 2. The number of imide groups is 1. The molecule has 2 N–H and O–H groups in total. The Labute approximate surface area is 190 Å². The molecule has 0 aliphatic carbocycles. The number of anilines is 1. The maximum atomic E-state index is 14.3. The van der Waals surface area contributed by atoms with E-state index in [0.717, 1.165) is 5.56 Å². The zero-order chi connectivity index (χ0) is 23.8.